The van der Waals surface area contributed by atoms with Gasteiger partial charge in [0.05, 0.1) is 12.8 Å². The number of rotatable bonds is 12. The van der Waals surface area contributed by atoms with Crippen LogP contribution in [0.2, 0.25) is 0 Å². The molecule has 0 aromatic carbocycles. The van der Waals surface area contributed by atoms with Crippen LogP contribution in [0.1, 0.15) is 12.6 Å². The smallest absolute Gasteiger partial charge is 0.352 e. The molecule has 2 amide bonds. The molecule has 2 aromatic heterocycles. The highest BCUT2D eigenvalue weighted by atomic mass is 32.2. The molecule has 36 heavy (non-hydrogen) atoms. The molecule has 0 bridgehead atoms. The van der Waals surface area contributed by atoms with Gasteiger partial charge in [-0.3, -0.25) is 14.5 Å². The number of β-lactam (4-membered cyclic amide) rings is 1. The van der Waals surface area contributed by atoms with Gasteiger partial charge < -0.3 is 25.5 Å². The summed E-state index contributed by atoms with van der Waals surface area (Å²) in [6, 6.07) is -1.57. The molecule has 192 valence electrons. The number of aliphatic carboxylic acids is 1. The van der Waals surface area contributed by atoms with E-state index >= 15 is 0 Å². The van der Waals surface area contributed by atoms with Gasteiger partial charge in [0.1, 0.15) is 23.2 Å². The third kappa shape index (κ3) is 5.15. The van der Waals surface area contributed by atoms with Gasteiger partial charge in [0, 0.05) is 30.7 Å². The number of imidazole rings is 1. The lowest BCUT2D eigenvalue weighted by atomic mass is 10.0. The van der Waals surface area contributed by atoms with Gasteiger partial charge in [0.25, 0.3) is 5.91 Å². The first kappa shape index (κ1) is 25.5. The van der Waals surface area contributed by atoms with Crippen LogP contribution in [0.4, 0.5) is 5.95 Å². The molecule has 0 radical (unpaired) electrons. The Kier molecular flexibility index (Phi) is 7.78. The number of ether oxygens (including phenoxy) is 1. The van der Waals surface area contributed by atoms with Crippen LogP contribution in [0, 0.1) is 0 Å². The van der Waals surface area contributed by atoms with E-state index < -0.39 is 35.3 Å². The van der Waals surface area contributed by atoms with E-state index in [1.54, 1.807) is 14.0 Å². The van der Waals surface area contributed by atoms with E-state index in [4.69, 9.17) is 4.74 Å². The van der Waals surface area contributed by atoms with Crippen molar-refractivity contribution in [1.29, 1.82) is 0 Å². The van der Waals surface area contributed by atoms with E-state index in [9.17, 15) is 24.3 Å². The minimum atomic E-state index is -1.17. The monoisotopic (exact) mass is 537 g/mol. The van der Waals surface area contributed by atoms with Crippen LogP contribution in [0.5, 0.6) is 0 Å². The highest BCUT2D eigenvalue weighted by Gasteiger charge is 2.53. The maximum absolute atomic E-state index is 12.9. The summed E-state index contributed by atoms with van der Waals surface area (Å²) >= 11 is 2.74. The zero-order valence-electron chi connectivity index (χ0n) is 19.2. The second-order valence-electron chi connectivity index (χ2n) is 7.71. The molecule has 2 aromatic rings. The van der Waals surface area contributed by atoms with Crippen LogP contribution >= 0.6 is 23.5 Å². The zero-order valence-corrected chi connectivity index (χ0v) is 20.8. The number of H-pyrrole nitrogens is 1. The van der Waals surface area contributed by atoms with Crippen molar-refractivity contribution >= 4 is 53.7 Å². The molecule has 15 nitrogen and oxygen atoms in total. The largest absolute Gasteiger partial charge is 0.477 e. The number of nitrogens with one attached hydrogen (secondary N) is 3. The molecule has 0 saturated carbocycles. The molecule has 1 fully saturated rings. The average molecular weight is 538 g/mol. The Bertz CT molecular complexity index is 1200. The van der Waals surface area contributed by atoms with Crippen LogP contribution in [0.3, 0.4) is 0 Å². The number of amides is 2. The second-order valence-corrected chi connectivity index (χ2v) is 9.76. The summed E-state index contributed by atoms with van der Waals surface area (Å²) in [7, 11) is 1.69. The minimum absolute atomic E-state index is 0.0261. The van der Waals surface area contributed by atoms with Crippen LogP contribution in [0.15, 0.2) is 22.6 Å². The standard InChI is InChI=1S/C19H23N9O6S2/c1-3-34-17(33)11(21-8-29)4-10-5-20-18(22-10)23-12-14(30)28-13(16(31)32)9(6-35-15(12)28)7-36-19-24-25-26-27(19)2/h5,8,11-12,15H,3-4,6-7H2,1-2H3,(H,21,29)(H,31,32)(H2,20,22,23)/t11?,12?,15-/m0/s1. The molecule has 4 N–H and O–H groups in total. The summed E-state index contributed by atoms with van der Waals surface area (Å²) in [5, 5.41) is 26.6. The van der Waals surface area contributed by atoms with Crippen molar-refractivity contribution < 1.29 is 29.0 Å². The van der Waals surface area contributed by atoms with E-state index in [2.05, 4.69) is 36.1 Å². The van der Waals surface area contributed by atoms with E-state index in [1.807, 2.05) is 0 Å². The van der Waals surface area contributed by atoms with Gasteiger partial charge in [0.15, 0.2) is 0 Å². The molecular formula is C19H23N9O6S2. The predicted molar refractivity (Wildman–Crippen MR) is 127 cm³/mol. The molecule has 4 rings (SSSR count). The number of aromatic amines is 1. The quantitative estimate of drug-likeness (QED) is 0.111. The molecule has 2 unspecified atom stereocenters. The molecule has 4 heterocycles. The van der Waals surface area contributed by atoms with E-state index in [0.29, 0.717) is 34.3 Å². The molecule has 17 heteroatoms. The maximum Gasteiger partial charge on any atom is 0.352 e. The van der Waals surface area contributed by atoms with Gasteiger partial charge in [-0.1, -0.05) is 11.8 Å². The zero-order chi connectivity index (χ0) is 25.8. The first-order valence-electron chi connectivity index (χ1n) is 10.8. The van der Waals surface area contributed by atoms with E-state index in [-0.39, 0.29) is 24.7 Å². The molecule has 0 spiro atoms. The van der Waals surface area contributed by atoms with Crippen molar-refractivity contribution in [3.63, 3.8) is 0 Å². The summed E-state index contributed by atoms with van der Waals surface area (Å²) < 4.78 is 6.44. The highest BCUT2D eigenvalue weighted by molar-refractivity contribution is 8.01. The van der Waals surface area contributed by atoms with Crippen LogP contribution in [0.25, 0.3) is 0 Å². The third-order valence-corrected chi connectivity index (χ3v) is 7.83. The molecule has 0 aliphatic carbocycles. The topological polar surface area (TPSA) is 197 Å². The Morgan fingerprint density at radius 1 is 1.47 bits per heavy atom. The number of carboxylic acids is 1. The van der Waals surface area contributed by atoms with Crippen molar-refractivity contribution in [3.8, 4) is 0 Å². The molecule has 3 atom stereocenters. The number of anilines is 1. The summed E-state index contributed by atoms with van der Waals surface area (Å²) in [6.45, 7) is 1.84. The SMILES string of the molecule is CCOC(=O)C(Cc1cnc(NC2C(=O)N3C(C(=O)O)=C(CSc4nnnn4C)CS[C@@H]23)[nH]1)NC=O. The number of aryl methyl sites for hydroxylation is 1. The Morgan fingerprint density at radius 3 is 2.94 bits per heavy atom. The van der Waals surface area contributed by atoms with Crippen molar-refractivity contribution in [2.24, 2.45) is 7.05 Å². The fourth-order valence-electron chi connectivity index (χ4n) is 3.73. The minimum Gasteiger partial charge on any atom is -0.477 e. The fourth-order valence-corrected chi connectivity index (χ4v) is 6.06. The maximum atomic E-state index is 12.9. The number of thioether (sulfide) groups is 2. The lowest BCUT2D eigenvalue weighted by Gasteiger charge is -2.49. The number of aromatic nitrogens is 6. The lowest BCUT2D eigenvalue weighted by molar-refractivity contribution is -0.147. The molecule has 2 aliphatic rings. The Morgan fingerprint density at radius 2 is 2.28 bits per heavy atom. The summed E-state index contributed by atoms with van der Waals surface area (Å²) in [5.41, 5.74) is 1.12. The van der Waals surface area contributed by atoms with Gasteiger partial charge >= 0.3 is 11.9 Å². The third-order valence-electron chi connectivity index (χ3n) is 5.39. The average Bonchev–Trinajstić information content (AvgIpc) is 3.48. The molecule has 1 saturated heterocycles. The summed E-state index contributed by atoms with van der Waals surface area (Å²) in [6.07, 6.45) is 2.02. The summed E-state index contributed by atoms with van der Waals surface area (Å²) in [4.78, 5) is 56.3. The number of esters is 1. The second kappa shape index (κ2) is 11.0. The number of tetrazole rings is 1. The van der Waals surface area contributed by atoms with Crippen LogP contribution in [-0.4, -0.2) is 100 Å². The number of nitrogens with zero attached hydrogens (tertiary/aromatic N) is 6. The van der Waals surface area contributed by atoms with Gasteiger partial charge in [0.2, 0.25) is 17.5 Å². The van der Waals surface area contributed by atoms with E-state index in [1.165, 1.54) is 39.3 Å². The normalized spacial score (nSPS) is 19.8. The van der Waals surface area contributed by atoms with Gasteiger partial charge in [-0.2, -0.15) is 0 Å². The molecule has 2 aliphatic heterocycles. The van der Waals surface area contributed by atoms with Crippen molar-refractivity contribution in [2.45, 2.75) is 36.0 Å². The first-order valence-corrected chi connectivity index (χ1v) is 12.8. The Hall–Kier alpha value is -3.60. The Balaban J connectivity index is 1.41. The fraction of sp³-hybridized carbons (Fsp3) is 0.474. The molecular weight excluding hydrogens is 514 g/mol. The first-order chi connectivity index (χ1) is 17.3. The number of carboxylic acid groups (broad SMARTS) is 1. The predicted octanol–water partition coefficient (Wildman–Crippen LogP) is -1.02. The van der Waals surface area contributed by atoms with Crippen LogP contribution < -0.4 is 10.6 Å². The number of fused-ring (bicyclic) bond motifs is 1. The van der Waals surface area contributed by atoms with Crippen molar-refractivity contribution in [1.82, 2.24) is 40.4 Å². The Labute approximate surface area is 212 Å². The van der Waals surface area contributed by atoms with Crippen LogP contribution in [-0.2, 0) is 37.4 Å². The van der Waals surface area contributed by atoms with Gasteiger partial charge in [-0.05, 0) is 22.9 Å². The van der Waals surface area contributed by atoms with E-state index in [0.717, 1.165) is 0 Å². The van der Waals surface area contributed by atoms with Gasteiger partial charge in [-0.15, -0.1) is 16.9 Å². The van der Waals surface area contributed by atoms with Crippen molar-refractivity contribution in [3.05, 3.63) is 23.2 Å². The lowest BCUT2D eigenvalue weighted by Crippen LogP contribution is -2.67. The number of hydrogen-bond acceptors (Lipinski definition) is 12. The summed E-state index contributed by atoms with van der Waals surface area (Å²) in [5.74, 6) is -1.10. The van der Waals surface area contributed by atoms with Crippen molar-refractivity contribution in [2.75, 3.05) is 23.4 Å². The van der Waals surface area contributed by atoms with Gasteiger partial charge in [-0.25, -0.2) is 19.3 Å². The number of hydrogen-bond donors (Lipinski definition) is 4. The highest BCUT2D eigenvalue weighted by Crippen LogP contribution is 2.42. The number of carbonyl (C=O) groups is 4. The number of carbonyl (C=O) groups excluding carboxylic acids is 3.